The first-order valence-corrected chi connectivity index (χ1v) is 7.60. The van der Waals surface area contributed by atoms with Crippen LogP contribution in [0.3, 0.4) is 0 Å². The lowest BCUT2D eigenvalue weighted by Gasteiger charge is -2.20. The van der Waals surface area contributed by atoms with Crippen LogP contribution in [0.1, 0.15) is 39.3 Å². The number of carbonyl (C=O) groups is 1. The van der Waals surface area contributed by atoms with Gasteiger partial charge in [0.15, 0.2) is 0 Å². The van der Waals surface area contributed by atoms with Crippen molar-refractivity contribution in [2.45, 2.75) is 39.3 Å². The summed E-state index contributed by atoms with van der Waals surface area (Å²) >= 11 is 11.9. The van der Waals surface area contributed by atoms with Crippen LogP contribution in [0.2, 0.25) is 10.0 Å². The lowest BCUT2D eigenvalue weighted by atomic mass is 10.1. The maximum absolute atomic E-state index is 11.5. The monoisotopic (exact) mass is 332 g/mol. The van der Waals surface area contributed by atoms with Crippen LogP contribution < -0.4 is 10.6 Å². The molecule has 2 N–H and O–H groups in total. The molecule has 0 fully saturated rings. The predicted octanol–water partition coefficient (Wildman–Crippen LogP) is 4.17. The number of rotatable bonds is 5. The number of ether oxygens (including phenoxy) is 1. The fourth-order valence-electron chi connectivity index (χ4n) is 1.67. The van der Waals surface area contributed by atoms with Gasteiger partial charge < -0.3 is 15.4 Å². The van der Waals surface area contributed by atoms with Gasteiger partial charge in [-0.25, -0.2) is 4.79 Å². The largest absolute Gasteiger partial charge is 0.444 e. The Kier molecular flexibility index (Phi) is 6.78. The molecule has 0 aliphatic rings. The van der Waals surface area contributed by atoms with Gasteiger partial charge in [-0.05, 0) is 45.4 Å². The lowest BCUT2D eigenvalue weighted by molar-refractivity contribution is 0.0528. The summed E-state index contributed by atoms with van der Waals surface area (Å²) in [6, 6.07) is 5.65. The number of benzene rings is 1. The van der Waals surface area contributed by atoms with Gasteiger partial charge in [0.25, 0.3) is 0 Å². The summed E-state index contributed by atoms with van der Waals surface area (Å²) in [6.45, 7) is 8.62. The third kappa shape index (κ3) is 7.02. The summed E-state index contributed by atoms with van der Waals surface area (Å²) < 4.78 is 5.15. The van der Waals surface area contributed by atoms with Crippen LogP contribution in [0.4, 0.5) is 4.79 Å². The Hall–Kier alpha value is -0.970. The highest BCUT2D eigenvalue weighted by molar-refractivity contribution is 6.42. The third-order valence-corrected chi connectivity index (χ3v) is 3.43. The molecule has 0 spiro atoms. The van der Waals surface area contributed by atoms with E-state index < -0.39 is 11.7 Å². The van der Waals surface area contributed by atoms with E-state index in [1.165, 1.54) is 0 Å². The average molecular weight is 333 g/mol. The van der Waals surface area contributed by atoms with Gasteiger partial charge in [-0.3, -0.25) is 0 Å². The van der Waals surface area contributed by atoms with Gasteiger partial charge in [0, 0.05) is 19.1 Å². The van der Waals surface area contributed by atoms with E-state index in [1.54, 1.807) is 6.07 Å². The van der Waals surface area contributed by atoms with Crippen molar-refractivity contribution in [3.8, 4) is 0 Å². The number of halogens is 2. The standard InChI is InChI=1S/C15H22Cl2N2O2/c1-10(11-5-6-12(16)13(17)9-11)18-7-8-19-14(20)21-15(2,3)4/h5-6,9-10,18H,7-8H2,1-4H3,(H,19,20). The van der Waals surface area contributed by atoms with E-state index in [4.69, 9.17) is 27.9 Å². The van der Waals surface area contributed by atoms with Crippen LogP contribution in [-0.2, 0) is 4.74 Å². The Morgan fingerprint density at radius 2 is 1.90 bits per heavy atom. The van der Waals surface area contributed by atoms with Crippen LogP contribution in [0.5, 0.6) is 0 Å². The van der Waals surface area contributed by atoms with Crippen molar-refractivity contribution in [1.29, 1.82) is 0 Å². The number of hydrogen-bond donors (Lipinski definition) is 2. The second kappa shape index (κ2) is 7.87. The SMILES string of the molecule is CC(NCCNC(=O)OC(C)(C)C)c1ccc(Cl)c(Cl)c1. The van der Waals surface area contributed by atoms with Crippen molar-refractivity contribution >= 4 is 29.3 Å². The van der Waals surface area contributed by atoms with Crippen molar-refractivity contribution in [3.63, 3.8) is 0 Å². The van der Waals surface area contributed by atoms with Crippen molar-refractivity contribution in [2.24, 2.45) is 0 Å². The minimum atomic E-state index is -0.481. The van der Waals surface area contributed by atoms with Crippen LogP contribution in [0.15, 0.2) is 18.2 Å². The topological polar surface area (TPSA) is 50.4 Å². The fourth-order valence-corrected chi connectivity index (χ4v) is 1.97. The Morgan fingerprint density at radius 1 is 1.24 bits per heavy atom. The van der Waals surface area contributed by atoms with Gasteiger partial charge in [0.05, 0.1) is 10.0 Å². The van der Waals surface area contributed by atoms with E-state index >= 15 is 0 Å². The van der Waals surface area contributed by atoms with E-state index in [0.29, 0.717) is 23.1 Å². The molecule has 1 aromatic carbocycles. The Labute approximate surface area is 136 Å². The molecule has 1 rings (SSSR count). The van der Waals surface area contributed by atoms with Crippen LogP contribution in [-0.4, -0.2) is 24.8 Å². The first-order valence-electron chi connectivity index (χ1n) is 6.84. The molecule has 0 radical (unpaired) electrons. The number of carbonyl (C=O) groups excluding carboxylic acids is 1. The second-order valence-corrected chi connectivity index (χ2v) is 6.59. The van der Waals surface area contributed by atoms with Gasteiger partial charge >= 0.3 is 6.09 Å². The van der Waals surface area contributed by atoms with Crippen molar-refractivity contribution in [2.75, 3.05) is 13.1 Å². The fraction of sp³-hybridized carbons (Fsp3) is 0.533. The molecule has 0 aliphatic heterocycles. The van der Waals surface area contributed by atoms with Gasteiger partial charge in [-0.2, -0.15) is 0 Å². The Balaban J connectivity index is 2.32. The van der Waals surface area contributed by atoms with E-state index in [-0.39, 0.29) is 6.04 Å². The molecule has 21 heavy (non-hydrogen) atoms. The molecule has 1 aromatic rings. The first kappa shape index (κ1) is 18.1. The summed E-state index contributed by atoms with van der Waals surface area (Å²) in [5.41, 5.74) is 0.562. The van der Waals surface area contributed by atoms with Crippen molar-refractivity contribution in [3.05, 3.63) is 33.8 Å². The zero-order chi connectivity index (χ0) is 16.0. The molecule has 1 amide bonds. The number of hydrogen-bond acceptors (Lipinski definition) is 3. The molecule has 0 saturated heterocycles. The number of amides is 1. The molecular weight excluding hydrogens is 311 g/mol. The minimum absolute atomic E-state index is 0.111. The zero-order valence-corrected chi connectivity index (χ0v) is 14.3. The predicted molar refractivity (Wildman–Crippen MR) is 87.1 cm³/mol. The summed E-state index contributed by atoms with van der Waals surface area (Å²) in [4.78, 5) is 11.5. The van der Waals surface area contributed by atoms with Crippen molar-refractivity contribution < 1.29 is 9.53 Å². The van der Waals surface area contributed by atoms with Crippen LogP contribution in [0, 0.1) is 0 Å². The van der Waals surface area contributed by atoms with Crippen molar-refractivity contribution in [1.82, 2.24) is 10.6 Å². The number of nitrogens with one attached hydrogen (secondary N) is 2. The molecule has 0 aliphatic carbocycles. The summed E-state index contributed by atoms with van der Waals surface area (Å²) in [5.74, 6) is 0. The maximum Gasteiger partial charge on any atom is 0.407 e. The maximum atomic E-state index is 11.5. The Morgan fingerprint density at radius 3 is 2.48 bits per heavy atom. The summed E-state index contributed by atoms with van der Waals surface area (Å²) in [5, 5.41) is 7.07. The smallest absolute Gasteiger partial charge is 0.407 e. The summed E-state index contributed by atoms with van der Waals surface area (Å²) in [6.07, 6.45) is -0.411. The van der Waals surface area contributed by atoms with Crippen LogP contribution >= 0.6 is 23.2 Å². The van der Waals surface area contributed by atoms with E-state index in [2.05, 4.69) is 10.6 Å². The molecule has 118 valence electrons. The quantitative estimate of drug-likeness (QED) is 0.795. The normalized spacial score (nSPS) is 12.9. The molecule has 1 unspecified atom stereocenters. The second-order valence-electron chi connectivity index (χ2n) is 5.78. The molecule has 1 atom stereocenters. The average Bonchev–Trinajstić information content (AvgIpc) is 2.35. The van der Waals surface area contributed by atoms with E-state index in [9.17, 15) is 4.79 Å². The highest BCUT2D eigenvalue weighted by Crippen LogP contribution is 2.25. The molecule has 0 saturated carbocycles. The lowest BCUT2D eigenvalue weighted by Crippen LogP contribution is -2.36. The highest BCUT2D eigenvalue weighted by atomic mass is 35.5. The molecule has 4 nitrogen and oxygen atoms in total. The number of alkyl carbamates (subject to hydrolysis) is 1. The summed E-state index contributed by atoms with van der Waals surface area (Å²) in [7, 11) is 0. The van der Waals surface area contributed by atoms with E-state index in [1.807, 2.05) is 39.8 Å². The highest BCUT2D eigenvalue weighted by Gasteiger charge is 2.15. The molecular formula is C15H22Cl2N2O2. The van der Waals surface area contributed by atoms with Crippen LogP contribution in [0.25, 0.3) is 0 Å². The molecule has 0 heterocycles. The van der Waals surface area contributed by atoms with E-state index in [0.717, 1.165) is 5.56 Å². The third-order valence-electron chi connectivity index (χ3n) is 2.69. The zero-order valence-electron chi connectivity index (χ0n) is 12.8. The molecule has 0 aromatic heterocycles. The molecule has 0 bridgehead atoms. The van der Waals surface area contributed by atoms with Gasteiger partial charge in [0.1, 0.15) is 5.60 Å². The Bertz CT molecular complexity index is 487. The van der Waals surface area contributed by atoms with Gasteiger partial charge in [0.2, 0.25) is 0 Å². The van der Waals surface area contributed by atoms with Gasteiger partial charge in [-0.1, -0.05) is 29.3 Å². The minimum Gasteiger partial charge on any atom is -0.444 e. The first-order chi connectivity index (χ1) is 9.69. The van der Waals surface area contributed by atoms with Gasteiger partial charge in [-0.15, -0.1) is 0 Å². The molecule has 6 heteroatoms.